The van der Waals surface area contributed by atoms with Crippen molar-refractivity contribution in [3.8, 4) is 0 Å². The van der Waals surface area contributed by atoms with Gasteiger partial charge in [0.25, 0.3) is 5.91 Å². The highest BCUT2D eigenvalue weighted by Gasteiger charge is 2.08. The lowest BCUT2D eigenvalue weighted by atomic mass is 10.2. The number of furan rings is 1. The van der Waals surface area contributed by atoms with E-state index in [2.05, 4.69) is 21.2 Å². The summed E-state index contributed by atoms with van der Waals surface area (Å²) in [7, 11) is 0. The third kappa shape index (κ3) is 5.03. The minimum absolute atomic E-state index is 0.201. The monoisotopic (exact) mass is 307 g/mol. The fourth-order valence-electron chi connectivity index (χ4n) is 1.30. The van der Waals surface area contributed by atoms with Crippen LogP contribution in [-0.4, -0.2) is 17.8 Å². The number of hydrogen-bond donors (Lipinski definition) is 1. The second-order valence-electron chi connectivity index (χ2n) is 3.46. The zero-order chi connectivity index (χ0) is 11.8. The Balaban J connectivity index is 2.11. The maximum Gasteiger partial charge on any atom is 0.287 e. The molecule has 1 N–H and O–H groups in total. The van der Waals surface area contributed by atoms with Crippen LogP contribution in [0, 0.1) is 0 Å². The lowest BCUT2D eigenvalue weighted by Gasteiger charge is -2.02. The highest BCUT2D eigenvalue weighted by Crippen LogP contribution is 2.12. The van der Waals surface area contributed by atoms with Crippen LogP contribution in [0.1, 0.15) is 36.2 Å². The second kappa shape index (κ2) is 7.74. The third-order valence-electron chi connectivity index (χ3n) is 2.14. The quantitative estimate of drug-likeness (QED) is 0.617. The average Bonchev–Trinajstić information content (AvgIpc) is 2.70. The van der Waals surface area contributed by atoms with Crippen molar-refractivity contribution in [1.29, 1.82) is 0 Å². The summed E-state index contributed by atoms with van der Waals surface area (Å²) < 4.78 is 4.99. The maximum absolute atomic E-state index is 11.5. The minimum Gasteiger partial charge on any atom is -0.440 e. The van der Waals surface area contributed by atoms with Gasteiger partial charge in [-0.05, 0) is 36.6 Å². The van der Waals surface area contributed by atoms with Crippen LogP contribution in [0.15, 0.2) is 16.5 Å². The van der Waals surface area contributed by atoms with Crippen molar-refractivity contribution in [2.75, 3.05) is 11.9 Å². The van der Waals surface area contributed by atoms with Crippen LogP contribution in [0.4, 0.5) is 0 Å². The number of alkyl halides is 1. The first kappa shape index (κ1) is 13.6. The SMILES string of the molecule is O=C(NCCCCCCBr)c1ccc(Cl)o1. The molecule has 0 saturated carbocycles. The molecule has 0 aromatic carbocycles. The molecule has 90 valence electrons. The standard InChI is InChI=1S/C11H15BrClNO2/c12-7-3-1-2-4-8-14-11(15)9-5-6-10(13)16-9/h5-6H,1-4,7-8H2,(H,14,15). The molecule has 0 radical (unpaired) electrons. The first-order valence-corrected chi connectivity index (χ1v) is 6.83. The average molecular weight is 309 g/mol. The predicted octanol–water partition coefficient (Wildman–Crippen LogP) is 3.62. The molecular weight excluding hydrogens is 293 g/mol. The van der Waals surface area contributed by atoms with E-state index >= 15 is 0 Å². The van der Waals surface area contributed by atoms with Gasteiger partial charge in [-0.15, -0.1) is 0 Å². The summed E-state index contributed by atoms with van der Waals surface area (Å²) in [6.45, 7) is 0.680. The summed E-state index contributed by atoms with van der Waals surface area (Å²) in [5.41, 5.74) is 0. The van der Waals surface area contributed by atoms with Gasteiger partial charge in [-0.3, -0.25) is 4.79 Å². The van der Waals surface area contributed by atoms with E-state index in [9.17, 15) is 4.79 Å². The van der Waals surface area contributed by atoms with Crippen molar-refractivity contribution >= 4 is 33.4 Å². The van der Waals surface area contributed by atoms with E-state index in [0.29, 0.717) is 6.54 Å². The molecule has 0 unspecified atom stereocenters. The number of amides is 1. The van der Waals surface area contributed by atoms with Gasteiger partial charge in [0.1, 0.15) is 0 Å². The first-order valence-electron chi connectivity index (χ1n) is 5.33. The zero-order valence-electron chi connectivity index (χ0n) is 8.97. The first-order chi connectivity index (χ1) is 7.74. The molecule has 1 rings (SSSR count). The summed E-state index contributed by atoms with van der Waals surface area (Å²) in [5, 5.41) is 4.07. The van der Waals surface area contributed by atoms with Crippen LogP contribution < -0.4 is 5.32 Å². The summed E-state index contributed by atoms with van der Waals surface area (Å²) in [6, 6.07) is 3.13. The molecule has 1 aromatic rings. The van der Waals surface area contributed by atoms with Crippen molar-refractivity contribution in [1.82, 2.24) is 5.32 Å². The molecule has 5 heteroatoms. The van der Waals surface area contributed by atoms with E-state index in [-0.39, 0.29) is 16.9 Å². The van der Waals surface area contributed by atoms with Crippen LogP contribution in [0.5, 0.6) is 0 Å². The van der Waals surface area contributed by atoms with E-state index in [1.54, 1.807) is 12.1 Å². The van der Waals surface area contributed by atoms with E-state index in [4.69, 9.17) is 16.0 Å². The van der Waals surface area contributed by atoms with E-state index in [1.807, 2.05) is 0 Å². The number of carbonyl (C=O) groups excluding carboxylic acids is 1. The largest absolute Gasteiger partial charge is 0.440 e. The fraction of sp³-hybridized carbons (Fsp3) is 0.545. The van der Waals surface area contributed by atoms with Gasteiger partial charge in [-0.25, -0.2) is 0 Å². The van der Waals surface area contributed by atoms with Crippen molar-refractivity contribution in [3.63, 3.8) is 0 Å². The molecule has 0 atom stereocenters. The van der Waals surface area contributed by atoms with Crippen LogP contribution in [-0.2, 0) is 0 Å². The lowest BCUT2D eigenvalue weighted by molar-refractivity contribution is 0.0925. The van der Waals surface area contributed by atoms with Gasteiger partial charge in [0, 0.05) is 11.9 Å². The van der Waals surface area contributed by atoms with Gasteiger partial charge < -0.3 is 9.73 Å². The molecule has 0 aliphatic heterocycles. The van der Waals surface area contributed by atoms with Gasteiger partial charge in [0.2, 0.25) is 0 Å². The number of halogens is 2. The molecular formula is C11H15BrClNO2. The van der Waals surface area contributed by atoms with Gasteiger partial charge in [0.15, 0.2) is 11.0 Å². The van der Waals surface area contributed by atoms with Crippen LogP contribution >= 0.6 is 27.5 Å². The maximum atomic E-state index is 11.5. The topological polar surface area (TPSA) is 42.2 Å². The Kier molecular flexibility index (Phi) is 6.57. The smallest absolute Gasteiger partial charge is 0.287 e. The lowest BCUT2D eigenvalue weighted by Crippen LogP contribution is -2.23. The van der Waals surface area contributed by atoms with Crippen molar-refractivity contribution in [3.05, 3.63) is 23.1 Å². The molecule has 1 amide bonds. The fourth-order valence-corrected chi connectivity index (χ4v) is 1.84. The molecule has 0 spiro atoms. The summed E-state index contributed by atoms with van der Waals surface area (Å²) >= 11 is 8.95. The van der Waals surface area contributed by atoms with Gasteiger partial charge in [-0.2, -0.15) is 0 Å². The highest BCUT2D eigenvalue weighted by molar-refractivity contribution is 9.09. The summed E-state index contributed by atoms with van der Waals surface area (Å²) in [6.07, 6.45) is 4.49. The number of rotatable bonds is 7. The van der Waals surface area contributed by atoms with Gasteiger partial charge in [-0.1, -0.05) is 28.8 Å². The number of hydrogen-bond acceptors (Lipinski definition) is 2. The number of carbonyl (C=O) groups is 1. The van der Waals surface area contributed by atoms with Crippen molar-refractivity contribution < 1.29 is 9.21 Å². The van der Waals surface area contributed by atoms with Crippen molar-refractivity contribution in [2.24, 2.45) is 0 Å². The molecule has 16 heavy (non-hydrogen) atoms. The molecule has 0 bridgehead atoms. The molecule has 0 saturated heterocycles. The third-order valence-corrected chi connectivity index (χ3v) is 2.91. The summed E-state index contributed by atoms with van der Waals surface area (Å²) in [4.78, 5) is 11.5. The normalized spacial score (nSPS) is 10.4. The highest BCUT2D eigenvalue weighted by atomic mass is 79.9. The molecule has 0 aliphatic carbocycles. The Hall–Kier alpha value is -0.480. The van der Waals surface area contributed by atoms with Crippen LogP contribution in [0.25, 0.3) is 0 Å². The van der Waals surface area contributed by atoms with E-state index < -0.39 is 0 Å². The van der Waals surface area contributed by atoms with Gasteiger partial charge >= 0.3 is 0 Å². The number of unbranched alkanes of at least 4 members (excludes halogenated alkanes) is 3. The predicted molar refractivity (Wildman–Crippen MR) is 68.3 cm³/mol. The van der Waals surface area contributed by atoms with Crippen LogP contribution in [0.3, 0.4) is 0 Å². The van der Waals surface area contributed by atoms with Crippen LogP contribution in [0.2, 0.25) is 5.22 Å². The Labute approximate surface area is 109 Å². The zero-order valence-corrected chi connectivity index (χ0v) is 11.3. The van der Waals surface area contributed by atoms with E-state index in [1.165, 1.54) is 12.8 Å². The second-order valence-corrected chi connectivity index (χ2v) is 4.63. The Bertz CT molecular complexity index is 328. The van der Waals surface area contributed by atoms with Crippen molar-refractivity contribution in [2.45, 2.75) is 25.7 Å². The summed E-state index contributed by atoms with van der Waals surface area (Å²) in [5.74, 6) is 0.0675. The van der Waals surface area contributed by atoms with Gasteiger partial charge in [0.05, 0.1) is 0 Å². The van der Waals surface area contributed by atoms with E-state index in [0.717, 1.165) is 18.2 Å². The Morgan fingerprint density at radius 1 is 1.31 bits per heavy atom. The molecule has 3 nitrogen and oxygen atoms in total. The molecule has 0 fully saturated rings. The minimum atomic E-state index is -0.201. The molecule has 1 aromatic heterocycles. The molecule has 1 heterocycles. The Morgan fingerprint density at radius 3 is 2.69 bits per heavy atom. The molecule has 0 aliphatic rings. The Morgan fingerprint density at radius 2 is 2.06 bits per heavy atom. The number of nitrogens with one attached hydrogen (secondary N) is 1.